The number of carbonyl (C=O) groups is 3. The van der Waals surface area contributed by atoms with Crippen LogP contribution in [0, 0.1) is 0 Å². The van der Waals surface area contributed by atoms with Crippen molar-refractivity contribution >= 4 is 51.3 Å². The summed E-state index contributed by atoms with van der Waals surface area (Å²) in [6, 6.07) is 4.25. The largest absolute Gasteiger partial charge is 0.465 e. The van der Waals surface area contributed by atoms with Gasteiger partial charge in [-0.3, -0.25) is 4.79 Å². The number of carboxylic acid groups (broad SMARTS) is 1. The molecule has 1 aliphatic rings. The van der Waals surface area contributed by atoms with Gasteiger partial charge in [0, 0.05) is 35.6 Å². The first-order valence-corrected chi connectivity index (χ1v) is 9.86. The van der Waals surface area contributed by atoms with Crippen LogP contribution in [0.2, 0.25) is 5.02 Å². The molecule has 154 valence electrons. The summed E-state index contributed by atoms with van der Waals surface area (Å²) in [4.78, 5) is 38.9. The lowest BCUT2D eigenvalue weighted by Gasteiger charge is -2.40. The van der Waals surface area contributed by atoms with Crippen LogP contribution in [0.15, 0.2) is 22.7 Å². The fourth-order valence-electron chi connectivity index (χ4n) is 2.78. The normalized spacial score (nSPS) is 17.2. The number of anilines is 1. The van der Waals surface area contributed by atoms with E-state index in [4.69, 9.17) is 16.3 Å². The van der Waals surface area contributed by atoms with Crippen LogP contribution in [0.3, 0.4) is 0 Å². The zero-order chi connectivity index (χ0) is 21.1. The first kappa shape index (κ1) is 22.3. The molecule has 28 heavy (non-hydrogen) atoms. The van der Waals surface area contributed by atoms with E-state index < -0.39 is 23.8 Å². The zero-order valence-corrected chi connectivity index (χ0v) is 18.2. The Morgan fingerprint density at radius 2 is 2.00 bits per heavy atom. The van der Waals surface area contributed by atoms with Crippen molar-refractivity contribution in [2.24, 2.45) is 0 Å². The first-order chi connectivity index (χ1) is 13.0. The molecule has 2 rings (SSSR count). The van der Waals surface area contributed by atoms with Crippen molar-refractivity contribution in [1.29, 1.82) is 0 Å². The van der Waals surface area contributed by atoms with Gasteiger partial charge in [-0.25, -0.2) is 9.59 Å². The number of piperazine rings is 1. The molecule has 0 radical (unpaired) electrons. The number of benzene rings is 1. The highest BCUT2D eigenvalue weighted by molar-refractivity contribution is 9.10. The second-order valence-corrected chi connectivity index (χ2v) is 8.72. The summed E-state index contributed by atoms with van der Waals surface area (Å²) in [7, 11) is 0. The Hall–Kier alpha value is -2.00. The average molecular weight is 477 g/mol. The molecule has 1 fully saturated rings. The molecule has 1 saturated heterocycles. The second kappa shape index (κ2) is 9.00. The molecule has 0 aromatic heterocycles. The lowest BCUT2D eigenvalue weighted by atomic mass is 10.1. The average Bonchev–Trinajstić information content (AvgIpc) is 2.55. The van der Waals surface area contributed by atoms with Crippen LogP contribution in [-0.2, 0) is 9.53 Å². The molecule has 3 amide bonds. The van der Waals surface area contributed by atoms with Crippen LogP contribution in [0.25, 0.3) is 0 Å². The lowest BCUT2D eigenvalue weighted by Crippen LogP contribution is -2.57. The van der Waals surface area contributed by atoms with Gasteiger partial charge in [-0.05, 0) is 54.9 Å². The number of amides is 3. The molecule has 1 heterocycles. The van der Waals surface area contributed by atoms with Gasteiger partial charge in [0.25, 0.3) is 0 Å². The molecule has 0 spiro atoms. The molecule has 0 bridgehead atoms. The number of hydrogen-bond donors (Lipinski definition) is 2. The summed E-state index contributed by atoms with van der Waals surface area (Å²) < 4.78 is 5.96. The molecule has 1 unspecified atom stereocenters. The minimum atomic E-state index is -1.13. The summed E-state index contributed by atoms with van der Waals surface area (Å²) >= 11 is 9.21. The Bertz CT molecular complexity index is 768. The first-order valence-electron chi connectivity index (χ1n) is 8.68. The van der Waals surface area contributed by atoms with E-state index >= 15 is 0 Å². The molecule has 2 N–H and O–H groups in total. The third-order valence-electron chi connectivity index (χ3n) is 4.01. The van der Waals surface area contributed by atoms with E-state index in [1.54, 1.807) is 39.0 Å². The van der Waals surface area contributed by atoms with Crippen molar-refractivity contribution in [1.82, 2.24) is 9.80 Å². The monoisotopic (exact) mass is 475 g/mol. The minimum absolute atomic E-state index is 0.0798. The number of ether oxygens (including phenoxy) is 1. The molecule has 10 heteroatoms. The van der Waals surface area contributed by atoms with E-state index in [0.29, 0.717) is 15.2 Å². The molecular formula is C18H23BrClN3O5. The summed E-state index contributed by atoms with van der Waals surface area (Å²) in [6.45, 7) is 5.67. The van der Waals surface area contributed by atoms with Crippen molar-refractivity contribution in [2.75, 3.05) is 25.0 Å². The number of rotatable bonds is 3. The van der Waals surface area contributed by atoms with Crippen LogP contribution in [0.1, 0.15) is 27.2 Å². The van der Waals surface area contributed by atoms with Crippen LogP contribution < -0.4 is 5.32 Å². The maximum atomic E-state index is 12.5. The molecule has 8 nitrogen and oxygen atoms in total. The van der Waals surface area contributed by atoms with Crippen molar-refractivity contribution in [3.63, 3.8) is 0 Å². The van der Waals surface area contributed by atoms with Crippen LogP contribution in [0.5, 0.6) is 0 Å². The highest BCUT2D eigenvalue weighted by Gasteiger charge is 2.35. The Morgan fingerprint density at radius 3 is 2.57 bits per heavy atom. The Balaban J connectivity index is 2.06. The quantitative estimate of drug-likeness (QED) is 0.686. The molecule has 0 saturated carbocycles. The van der Waals surface area contributed by atoms with E-state index in [9.17, 15) is 19.5 Å². The Morgan fingerprint density at radius 1 is 1.32 bits per heavy atom. The third kappa shape index (κ3) is 6.27. The molecular weight excluding hydrogens is 454 g/mol. The predicted molar refractivity (Wildman–Crippen MR) is 109 cm³/mol. The maximum Gasteiger partial charge on any atom is 0.410 e. The van der Waals surface area contributed by atoms with Crippen LogP contribution >= 0.6 is 27.5 Å². The lowest BCUT2D eigenvalue weighted by molar-refractivity contribution is -0.117. The predicted octanol–water partition coefficient (Wildman–Crippen LogP) is 4.03. The van der Waals surface area contributed by atoms with Gasteiger partial charge in [0.2, 0.25) is 5.91 Å². The van der Waals surface area contributed by atoms with Gasteiger partial charge in [0.05, 0.1) is 11.7 Å². The smallest absolute Gasteiger partial charge is 0.410 e. The van der Waals surface area contributed by atoms with Crippen LogP contribution in [-0.4, -0.2) is 64.3 Å². The molecule has 1 aliphatic heterocycles. The van der Waals surface area contributed by atoms with Gasteiger partial charge in [0.1, 0.15) is 5.60 Å². The van der Waals surface area contributed by atoms with E-state index in [0.717, 1.165) is 0 Å². The Kier molecular flexibility index (Phi) is 7.16. The number of nitrogens with one attached hydrogen (secondary N) is 1. The topological polar surface area (TPSA) is 99.2 Å². The van der Waals surface area contributed by atoms with Gasteiger partial charge in [-0.1, -0.05) is 11.6 Å². The number of halogens is 2. The van der Waals surface area contributed by atoms with Crippen molar-refractivity contribution in [3.8, 4) is 0 Å². The molecule has 1 aromatic carbocycles. The van der Waals surface area contributed by atoms with E-state index in [2.05, 4.69) is 21.2 Å². The fraction of sp³-hybridized carbons (Fsp3) is 0.500. The van der Waals surface area contributed by atoms with Gasteiger partial charge in [-0.2, -0.15) is 0 Å². The zero-order valence-electron chi connectivity index (χ0n) is 15.9. The third-order valence-corrected chi connectivity index (χ3v) is 4.90. The van der Waals surface area contributed by atoms with Crippen molar-refractivity contribution in [2.45, 2.75) is 38.8 Å². The van der Waals surface area contributed by atoms with Gasteiger partial charge < -0.3 is 25.0 Å². The molecule has 1 atom stereocenters. The van der Waals surface area contributed by atoms with Crippen molar-refractivity contribution < 1.29 is 24.2 Å². The van der Waals surface area contributed by atoms with Gasteiger partial charge >= 0.3 is 12.2 Å². The SMILES string of the molecule is CC(C)(C)OC(=O)N1CCN(C(=O)O)C(CC(=O)Nc2ccc(Cl)cc2Br)C1. The Labute approximate surface area is 176 Å². The molecule has 1 aromatic rings. The highest BCUT2D eigenvalue weighted by atomic mass is 79.9. The standard InChI is InChI=1S/C18H23BrClN3O5/c1-18(2,3)28-17(27)22-6-7-23(16(25)26)12(10-22)9-15(24)21-14-5-4-11(20)8-13(14)19/h4-5,8,12H,6-7,9-10H2,1-3H3,(H,21,24)(H,25,26). The minimum Gasteiger partial charge on any atom is -0.465 e. The van der Waals surface area contributed by atoms with E-state index in [1.807, 2.05) is 0 Å². The fourth-order valence-corrected chi connectivity index (χ4v) is 3.56. The second-order valence-electron chi connectivity index (χ2n) is 7.43. The maximum absolute atomic E-state index is 12.5. The molecule has 0 aliphatic carbocycles. The van der Waals surface area contributed by atoms with Gasteiger partial charge in [-0.15, -0.1) is 0 Å². The highest BCUT2D eigenvalue weighted by Crippen LogP contribution is 2.26. The number of nitrogens with zero attached hydrogens (tertiary/aromatic N) is 2. The number of hydrogen-bond acceptors (Lipinski definition) is 4. The van der Waals surface area contributed by atoms with Crippen molar-refractivity contribution in [3.05, 3.63) is 27.7 Å². The van der Waals surface area contributed by atoms with E-state index in [-0.39, 0.29) is 32.0 Å². The number of carbonyl (C=O) groups excluding carboxylic acids is 2. The summed E-state index contributed by atoms with van der Waals surface area (Å²) in [6.07, 6.45) is -1.75. The summed E-state index contributed by atoms with van der Waals surface area (Å²) in [5.41, 5.74) is -0.134. The van der Waals surface area contributed by atoms with Gasteiger partial charge in [0.15, 0.2) is 0 Å². The van der Waals surface area contributed by atoms with E-state index in [1.165, 1.54) is 9.80 Å². The summed E-state index contributed by atoms with van der Waals surface area (Å²) in [5, 5.41) is 12.7. The van der Waals surface area contributed by atoms with Crippen LogP contribution in [0.4, 0.5) is 15.3 Å². The summed E-state index contributed by atoms with van der Waals surface area (Å²) in [5.74, 6) is -0.370.